The average molecular weight is 660 g/mol. The van der Waals surface area contributed by atoms with Crippen molar-refractivity contribution in [1.29, 1.82) is 0 Å². The number of nitrogens with zero attached hydrogens (tertiary/aromatic N) is 4. The van der Waals surface area contributed by atoms with E-state index in [9.17, 15) is 23.2 Å². The first kappa shape index (κ1) is 33.5. The second kappa shape index (κ2) is 14.0. The van der Waals surface area contributed by atoms with Gasteiger partial charge in [0.15, 0.2) is 0 Å². The van der Waals surface area contributed by atoms with E-state index in [1.165, 1.54) is 42.0 Å². The molecule has 4 N–H and O–H groups in total. The summed E-state index contributed by atoms with van der Waals surface area (Å²) in [5.41, 5.74) is 3.49. The van der Waals surface area contributed by atoms with Gasteiger partial charge in [-0.15, -0.1) is 0 Å². The number of alkyl halides is 1. The van der Waals surface area contributed by atoms with Gasteiger partial charge in [-0.05, 0) is 87.1 Å². The van der Waals surface area contributed by atoms with Crippen LogP contribution in [0.15, 0.2) is 54.6 Å². The predicted molar refractivity (Wildman–Crippen MR) is 181 cm³/mol. The molecule has 0 radical (unpaired) electrons. The Morgan fingerprint density at radius 2 is 1.79 bits per heavy atom. The van der Waals surface area contributed by atoms with Crippen LogP contribution in [-0.2, 0) is 9.59 Å². The number of likely N-dealkylation sites (tertiary alicyclic amines) is 1. The molecule has 10 nitrogen and oxygen atoms in total. The second-order valence-corrected chi connectivity index (χ2v) is 13.4. The molecule has 0 bridgehead atoms. The van der Waals surface area contributed by atoms with Gasteiger partial charge in [0.2, 0.25) is 11.8 Å². The average Bonchev–Trinajstić information content (AvgIpc) is 3.82. The molecular formula is C36H43F2N7O3. The van der Waals surface area contributed by atoms with Crippen LogP contribution in [-0.4, -0.2) is 83.1 Å². The van der Waals surface area contributed by atoms with Gasteiger partial charge < -0.3 is 20.4 Å². The number of pyridine rings is 1. The number of carbonyl (C=O) groups excluding carboxylic acids is 3. The Bertz CT molecular complexity index is 1720. The van der Waals surface area contributed by atoms with Crippen LogP contribution in [0.25, 0.3) is 17.0 Å². The number of hydrazine groups is 1. The van der Waals surface area contributed by atoms with Crippen molar-refractivity contribution in [2.75, 3.05) is 31.1 Å². The van der Waals surface area contributed by atoms with Gasteiger partial charge in [0.1, 0.15) is 23.7 Å². The van der Waals surface area contributed by atoms with Gasteiger partial charge >= 0.3 is 0 Å². The zero-order valence-corrected chi connectivity index (χ0v) is 27.5. The van der Waals surface area contributed by atoms with Crippen LogP contribution in [0.5, 0.6) is 0 Å². The highest BCUT2D eigenvalue weighted by Gasteiger charge is 2.40. The van der Waals surface area contributed by atoms with Crippen LogP contribution in [0, 0.1) is 11.7 Å². The maximum absolute atomic E-state index is 14.7. The van der Waals surface area contributed by atoms with Crippen molar-refractivity contribution in [3.63, 3.8) is 0 Å². The fraction of sp³-hybridized carbons (Fsp3) is 0.444. The predicted octanol–water partition coefficient (Wildman–Crippen LogP) is 4.12. The minimum absolute atomic E-state index is 0.0537. The summed E-state index contributed by atoms with van der Waals surface area (Å²) >= 11 is 0. The normalized spacial score (nSPS) is 23.9. The summed E-state index contributed by atoms with van der Waals surface area (Å²) in [7, 11) is 0. The molecule has 3 fully saturated rings. The zero-order chi connectivity index (χ0) is 34.1. The van der Waals surface area contributed by atoms with Crippen LogP contribution in [0.3, 0.4) is 0 Å². The van der Waals surface area contributed by atoms with Crippen molar-refractivity contribution in [2.45, 2.75) is 70.4 Å². The van der Waals surface area contributed by atoms with E-state index in [2.05, 4.69) is 58.6 Å². The van der Waals surface area contributed by atoms with E-state index < -0.39 is 48.3 Å². The Kier molecular flexibility index (Phi) is 9.75. The fourth-order valence-electron chi connectivity index (χ4n) is 6.64. The summed E-state index contributed by atoms with van der Waals surface area (Å²) < 4.78 is 28.2. The van der Waals surface area contributed by atoms with Crippen LogP contribution in [0.4, 0.5) is 14.5 Å². The molecule has 0 spiro atoms. The summed E-state index contributed by atoms with van der Waals surface area (Å²) in [6, 6.07) is 12.2. The summed E-state index contributed by atoms with van der Waals surface area (Å²) in [4.78, 5) is 47.3. The molecule has 5 atom stereocenters. The van der Waals surface area contributed by atoms with E-state index in [1.54, 1.807) is 6.07 Å². The van der Waals surface area contributed by atoms with Crippen molar-refractivity contribution in [3.8, 4) is 0 Å². The molecule has 1 aromatic heterocycles. The first-order valence-electron chi connectivity index (χ1n) is 16.7. The van der Waals surface area contributed by atoms with Gasteiger partial charge in [0.25, 0.3) is 5.91 Å². The van der Waals surface area contributed by atoms with E-state index in [1.807, 2.05) is 18.0 Å². The summed E-state index contributed by atoms with van der Waals surface area (Å²) in [5, 5.41) is 7.98. The number of allylic oxidation sites excluding steroid dienone is 1. The monoisotopic (exact) mass is 659 g/mol. The number of aromatic nitrogens is 1. The molecule has 1 saturated carbocycles. The number of piperazine rings is 1. The number of carbonyl (C=O) groups is 3. The van der Waals surface area contributed by atoms with Crippen molar-refractivity contribution in [2.24, 2.45) is 11.8 Å². The molecule has 3 amide bonds. The SMILES string of the molecule is C[C@H](NC(=O)[C@@H]1C[C@@H](F)CN1C(=O)CNC(=O)c1ccc2cc(F)ccc2n1)c1ccc(N2C[C@@H](C)N(N)[C@H](C)C2)cc1/C=C/C1CC1. The number of benzene rings is 2. The van der Waals surface area contributed by atoms with Crippen LogP contribution >= 0.6 is 0 Å². The largest absolute Gasteiger partial charge is 0.368 e. The number of nitrogens with one attached hydrogen (secondary N) is 2. The van der Waals surface area contributed by atoms with E-state index in [0.29, 0.717) is 16.8 Å². The summed E-state index contributed by atoms with van der Waals surface area (Å²) in [6.07, 6.45) is 5.18. The molecular weight excluding hydrogens is 616 g/mol. The van der Waals surface area contributed by atoms with Crippen LogP contribution in [0.1, 0.15) is 67.7 Å². The third-order valence-corrected chi connectivity index (χ3v) is 9.57. The highest BCUT2D eigenvalue weighted by Crippen LogP contribution is 2.33. The lowest BCUT2D eigenvalue weighted by molar-refractivity contribution is -0.138. The van der Waals surface area contributed by atoms with Crippen molar-refractivity contribution >= 4 is 40.4 Å². The second-order valence-electron chi connectivity index (χ2n) is 13.4. The van der Waals surface area contributed by atoms with Gasteiger partial charge in [0, 0.05) is 42.7 Å². The van der Waals surface area contributed by atoms with Gasteiger partial charge in [-0.25, -0.2) is 18.8 Å². The Hall–Kier alpha value is -4.42. The smallest absolute Gasteiger partial charge is 0.270 e. The Labute approximate surface area is 279 Å². The van der Waals surface area contributed by atoms with Crippen LogP contribution in [0.2, 0.25) is 0 Å². The summed E-state index contributed by atoms with van der Waals surface area (Å²) in [5.74, 6) is 4.75. The number of anilines is 1. The molecule has 3 aliphatic rings. The highest BCUT2D eigenvalue weighted by atomic mass is 19.1. The minimum Gasteiger partial charge on any atom is -0.368 e. The first-order valence-corrected chi connectivity index (χ1v) is 16.7. The molecule has 0 unspecified atom stereocenters. The molecule has 1 aliphatic carbocycles. The van der Waals surface area contributed by atoms with Gasteiger partial charge in [0.05, 0.1) is 24.6 Å². The molecule has 12 heteroatoms. The topological polar surface area (TPSA) is 124 Å². The lowest BCUT2D eigenvalue weighted by Gasteiger charge is -2.43. The fourth-order valence-corrected chi connectivity index (χ4v) is 6.64. The number of hydrogen-bond donors (Lipinski definition) is 3. The third kappa shape index (κ3) is 7.50. The van der Waals surface area contributed by atoms with Gasteiger partial charge in [-0.2, -0.15) is 0 Å². The molecule has 3 aromatic rings. The highest BCUT2D eigenvalue weighted by molar-refractivity contribution is 5.97. The lowest BCUT2D eigenvalue weighted by Crippen LogP contribution is -2.59. The molecule has 2 saturated heterocycles. The molecule has 2 aromatic carbocycles. The molecule has 6 rings (SSSR count). The number of fused-ring (bicyclic) bond motifs is 1. The van der Waals surface area contributed by atoms with Crippen LogP contribution < -0.4 is 21.4 Å². The Morgan fingerprint density at radius 3 is 2.52 bits per heavy atom. The Morgan fingerprint density at radius 1 is 1.04 bits per heavy atom. The number of hydrogen-bond acceptors (Lipinski definition) is 7. The molecule has 48 heavy (non-hydrogen) atoms. The standard InChI is InChI=1S/C36H43F2N7O3/c1-21-18-43(19-22(2)45(21)39)29-10-11-30(25(15-29)7-6-24-4-5-24)23(3)41-36(48)33-16-28(38)20-44(33)34(46)17-40-35(47)32-12-8-26-14-27(37)9-13-31(26)42-32/h6-15,21-24,28,33H,4-5,16-20,39H2,1-3H3,(H,40,47)(H,41,48)/b7-6+/t21-,22-,23+,28-,33+/m1/s1. The van der Waals surface area contributed by atoms with Crippen molar-refractivity contribution in [3.05, 3.63) is 77.2 Å². The van der Waals surface area contributed by atoms with E-state index in [4.69, 9.17) is 5.84 Å². The quantitative estimate of drug-likeness (QED) is 0.296. The van der Waals surface area contributed by atoms with Crippen molar-refractivity contribution in [1.82, 2.24) is 25.5 Å². The number of halogens is 2. The molecule has 3 heterocycles. The zero-order valence-electron chi connectivity index (χ0n) is 27.5. The van der Waals surface area contributed by atoms with Gasteiger partial charge in [-0.1, -0.05) is 24.3 Å². The van der Waals surface area contributed by atoms with E-state index >= 15 is 0 Å². The maximum Gasteiger partial charge on any atom is 0.270 e. The maximum atomic E-state index is 14.7. The summed E-state index contributed by atoms with van der Waals surface area (Å²) in [6.45, 7) is 7.05. The molecule has 2 aliphatic heterocycles. The third-order valence-electron chi connectivity index (χ3n) is 9.57. The Balaban J connectivity index is 1.11. The van der Waals surface area contributed by atoms with Gasteiger partial charge in [-0.3, -0.25) is 20.2 Å². The van der Waals surface area contributed by atoms with E-state index in [0.717, 1.165) is 29.9 Å². The number of rotatable bonds is 9. The molecule has 254 valence electrons. The van der Waals surface area contributed by atoms with E-state index in [-0.39, 0.29) is 30.7 Å². The lowest BCUT2D eigenvalue weighted by atomic mass is 9.98. The first-order chi connectivity index (χ1) is 23.0. The number of nitrogens with two attached hydrogens (primary N) is 1. The van der Waals surface area contributed by atoms with Crippen molar-refractivity contribution < 1.29 is 23.2 Å². The minimum atomic E-state index is -1.37. The number of amides is 3.